The van der Waals surface area contributed by atoms with Gasteiger partial charge in [0.1, 0.15) is 4.90 Å². The van der Waals surface area contributed by atoms with Crippen LogP contribution in [0.4, 0.5) is 11.4 Å². The molecule has 1 fully saturated rings. The molecular formula is C14H24N4O2S. The van der Waals surface area contributed by atoms with Crippen molar-refractivity contribution in [2.75, 3.05) is 31.7 Å². The largest absolute Gasteiger partial charge is 0.399 e. The van der Waals surface area contributed by atoms with Gasteiger partial charge in [0, 0.05) is 17.8 Å². The molecule has 0 spiro atoms. The van der Waals surface area contributed by atoms with Gasteiger partial charge in [0.25, 0.3) is 0 Å². The zero-order valence-corrected chi connectivity index (χ0v) is 13.4. The minimum absolute atomic E-state index is 0.0504. The van der Waals surface area contributed by atoms with Crippen LogP contribution in [0.25, 0.3) is 0 Å². The molecule has 5 N–H and O–H groups in total. The maximum atomic E-state index is 11.7. The molecule has 0 atom stereocenters. The lowest BCUT2D eigenvalue weighted by molar-refractivity contribution is 0.172. The van der Waals surface area contributed by atoms with Crippen LogP contribution in [-0.2, 0) is 10.0 Å². The predicted molar refractivity (Wildman–Crippen MR) is 85.6 cm³/mol. The third-order valence-corrected chi connectivity index (χ3v) is 5.35. The molecule has 1 aliphatic carbocycles. The number of hydrogen-bond acceptors (Lipinski definition) is 5. The van der Waals surface area contributed by atoms with Crippen LogP contribution >= 0.6 is 0 Å². The standard InChI is InChI=1S/C14H24N4O2S/c1-18(2)14(7-3-4-8-14)10-17-12-6-5-11(15)9-13(12)21(16,19)20/h5-6,9,17H,3-4,7-8,10,15H2,1-2H3,(H2,16,19,20). The van der Waals surface area contributed by atoms with Gasteiger partial charge in [-0.3, -0.25) is 0 Å². The topological polar surface area (TPSA) is 101 Å². The monoisotopic (exact) mass is 312 g/mol. The lowest BCUT2D eigenvalue weighted by Crippen LogP contribution is -2.47. The Balaban J connectivity index is 2.24. The van der Waals surface area contributed by atoms with Gasteiger partial charge in [0.05, 0.1) is 5.69 Å². The van der Waals surface area contributed by atoms with Crippen LogP contribution in [-0.4, -0.2) is 39.5 Å². The zero-order chi connectivity index (χ0) is 15.7. The summed E-state index contributed by atoms with van der Waals surface area (Å²) in [4.78, 5) is 2.27. The highest BCUT2D eigenvalue weighted by molar-refractivity contribution is 7.89. The fourth-order valence-electron chi connectivity index (χ4n) is 3.00. The molecule has 0 amide bonds. The van der Waals surface area contributed by atoms with Gasteiger partial charge < -0.3 is 16.0 Å². The van der Waals surface area contributed by atoms with E-state index in [0.29, 0.717) is 17.9 Å². The van der Waals surface area contributed by atoms with Crippen LogP contribution in [0.2, 0.25) is 0 Å². The Morgan fingerprint density at radius 1 is 1.29 bits per heavy atom. The smallest absolute Gasteiger partial charge is 0.240 e. The molecular weight excluding hydrogens is 288 g/mol. The summed E-state index contributed by atoms with van der Waals surface area (Å²) < 4.78 is 23.4. The molecule has 21 heavy (non-hydrogen) atoms. The van der Waals surface area contributed by atoms with Crippen LogP contribution in [0.1, 0.15) is 25.7 Å². The quantitative estimate of drug-likeness (QED) is 0.709. The highest BCUT2D eigenvalue weighted by Crippen LogP contribution is 2.34. The highest BCUT2D eigenvalue weighted by atomic mass is 32.2. The number of nitrogen functional groups attached to an aromatic ring is 1. The lowest BCUT2D eigenvalue weighted by Gasteiger charge is -2.37. The van der Waals surface area contributed by atoms with E-state index >= 15 is 0 Å². The first-order valence-electron chi connectivity index (χ1n) is 7.08. The number of sulfonamides is 1. The molecule has 0 bridgehead atoms. The first-order chi connectivity index (χ1) is 9.74. The van der Waals surface area contributed by atoms with Crippen molar-refractivity contribution in [3.8, 4) is 0 Å². The first-order valence-corrected chi connectivity index (χ1v) is 8.63. The molecule has 1 aromatic rings. The Hall–Kier alpha value is -1.31. The molecule has 0 heterocycles. The number of anilines is 2. The number of hydrogen-bond donors (Lipinski definition) is 3. The van der Waals surface area contributed by atoms with Crippen molar-refractivity contribution in [3.05, 3.63) is 18.2 Å². The van der Waals surface area contributed by atoms with E-state index in [2.05, 4.69) is 24.3 Å². The molecule has 118 valence electrons. The zero-order valence-electron chi connectivity index (χ0n) is 12.6. The van der Waals surface area contributed by atoms with E-state index in [4.69, 9.17) is 10.9 Å². The number of likely N-dealkylation sites (N-methyl/N-ethyl adjacent to an activating group) is 1. The SMILES string of the molecule is CN(C)C1(CNc2ccc(N)cc2S(N)(=O)=O)CCCC1. The average molecular weight is 312 g/mol. The number of benzene rings is 1. The fraction of sp³-hybridized carbons (Fsp3) is 0.571. The second-order valence-corrected chi connectivity index (χ2v) is 7.51. The van der Waals surface area contributed by atoms with Crippen molar-refractivity contribution >= 4 is 21.4 Å². The first kappa shape index (κ1) is 16.1. The Bertz CT molecular complexity index is 607. The summed E-state index contributed by atoms with van der Waals surface area (Å²) in [5.74, 6) is 0. The summed E-state index contributed by atoms with van der Waals surface area (Å²) in [6.07, 6.45) is 4.60. The summed E-state index contributed by atoms with van der Waals surface area (Å²) in [7, 11) is 0.334. The van der Waals surface area contributed by atoms with Crippen LogP contribution in [0.15, 0.2) is 23.1 Å². The van der Waals surface area contributed by atoms with Crippen molar-refractivity contribution in [2.45, 2.75) is 36.1 Å². The van der Waals surface area contributed by atoms with E-state index in [1.807, 2.05) is 0 Å². The lowest BCUT2D eigenvalue weighted by atomic mass is 9.96. The van der Waals surface area contributed by atoms with Crippen LogP contribution in [0.3, 0.4) is 0 Å². The van der Waals surface area contributed by atoms with Gasteiger partial charge in [-0.2, -0.15) is 0 Å². The van der Waals surface area contributed by atoms with Gasteiger partial charge in [-0.05, 0) is 45.1 Å². The summed E-state index contributed by atoms with van der Waals surface area (Å²) in [5, 5.41) is 8.52. The molecule has 1 aliphatic rings. The average Bonchev–Trinajstić information content (AvgIpc) is 2.86. The Morgan fingerprint density at radius 2 is 1.90 bits per heavy atom. The number of nitrogens with two attached hydrogens (primary N) is 2. The normalized spacial score (nSPS) is 18.1. The van der Waals surface area contributed by atoms with E-state index in [1.54, 1.807) is 12.1 Å². The fourth-order valence-corrected chi connectivity index (χ4v) is 3.74. The maximum Gasteiger partial charge on any atom is 0.240 e. The summed E-state index contributed by atoms with van der Waals surface area (Å²) >= 11 is 0. The van der Waals surface area contributed by atoms with Gasteiger partial charge in [-0.25, -0.2) is 13.6 Å². The highest BCUT2D eigenvalue weighted by Gasteiger charge is 2.35. The van der Waals surface area contributed by atoms with E-state index in [1.165, 1.54) is 18.9 Å². The Morgan fingerprint density at radius 3 is 2.43 bits per heavy atom. The van der Waals surface area contributed by atoms with Crippen LogP contribution < -0.4 is 16.2 Å². The molecule has 1 aromatic carbocycles. The Labute approximate surface area is 126 Å². The van der Waals surface area contributed by atoms with Crippen molar-refractivity contribution in [3.63, 3.8) is 0 Å². The molecule has 6 nitrogen and oxygen atoms in total. The van der Waals surface area contributed by atoms with Crippen LogP contribution in [0.5, 0.6) is 0 Å². The number of nitrogens with zero attached hydrogens (tertiary/aromatic N) is 1. The second-order valence-electron chi connectivity index (χ2n) is 5.98. The van der Waals surface area contributed by atoms with E-state index in [-0.39, 0.29) is 10.4 Å². The molecule has 0 aromatic heterocycles. The van der Waals surface area contributed by atoms with Crippen molar-refractivity contribution < 1.29 is 8.42 Å². The number of primary sulfonamides is 1. The van der Waals surface area contributed by atoms with Gasteiger partial charge in [0.15, 0.2) is 0 Å². The predicted octanol–water partition coefficient (Wildman–Crippen LogP) is 1.20. The van der Waals surface area contributed by atoms with Crippen molar-refractivity contribution in [2.24, 2.45) is 5.14 Å². The van der Waals surface area contributed by atoms with Crippen molar-refractivity contribution in [1.29, 1.82) is 0 Å². The second kappa shape index (κ2) is 5.82. The molecule has 7 heteroatoms. The molecule has 0 saturated heterocycles. The van der Waals surface area contributed by atoms with E-state index in [0.717, 1.165) is 12.8 Å². The minimum atomic E-state index is -3.80. The van der Waals surface area contributed by atoms with E-state index in [9.17, 15) is 8.42 Å². The number of rotatable bonds is 5. The molecule has 1 saturated carbocycles. The Kier molecular flexibility index (Phi) is 4.46. The van der Waals surface area contributed by atoms with E-state index < -0.39 is 10.0 Å². The minimum Gasteiger partial charge on any atom is -0.399 e. The molecule has 0 unspecified atom stereocenters. The summed E-state index contributed by atoms with van der Waals surface area (Å²) in [6, 6.07) is 4.75. The van der Waals surface area contributed by atoms with Gasteiger partial charge in [-0.15, -0.1) is 0 Å². The number of nitrogens with one attached hydrogen (secondary N) is 1. The van der Waals surface area contributed by atoms with Gasteiger partial charge in [-0.1, -0.05) is 12.8 Å². The molecule has 0 radical (unpaired) electrons. The third kappa shape index (κ3) is 3.48. The van der Waals surface area contributed by atoms with Gasteiger partial charge in [0.2, 0.25) is 10.0 Å². The molecule has 2 rings (SSSR count). The maximum absolute atomic E-state index is 11.7. The van der Waals surface area contributed by atoms with Crippen molar-refractivity contribution in [1.82, 2.24) is 4.90 Å². The molecule has 0 aliphatic heterocycles. The summed E-state index contributed by atoms with van der Waals surface area (Å²) in [5.41, 5.74) is 6.62. The van der Waals surface area contributed by atoms with Gasteiger partial charge >= 0.3 is 0 Å². The summed E-state index contributed by atoms with van der Waals surface area (Å²) in [6.45, 7) is 0.687. The third-order valence-electron chi connectivity index (χ3n) is 4.40. The van der Waals surface area contributed by atoms with Crippen LogP contribution in [0, 0.1) is 0 Å².